The molecule has 2 heteroatoms. The summed E-state index contributed by atoms with van der Waals surface area (Å²) >= 11 is 0. The number of rotatable bonds is 5. The van der Waals surface area contributed by atoms with Gasteiger partial charge in [-0.3, -0.25) is 0 Å². The van der Waals surface area contributed by atoms with Gasteiger partial charge in [0.15, 0.2) is 0 Å². The van der Waals surface area contributed by atoms with E-state index in [0.29, 0.717) is 6.61 Å². The minimum atomic E-state index is 0.179. The molecule has 15 heavy (non-hydrogen) atoms. The quantitative estimate of drug-likeness (QED) is 0.802. The average Bonchev–Trinajstić information content (AvgIpc) is 3.03. The fourth-order valence-corrected chi connectivity index (χ4v) is 1.85. The Kier molecular flexibility index (Phi) is 3.27. The second-order valence-electron chi connectivity index (χ2n) is 4.29. The summed E-state index contributed by atoms with van der Waals surface area (Å²) in [6, 6.07) is 8.34. The molecule has 0 amide bonds. The summed E-state index contributed by atoms with van der Waals surface area (Å²) < 4.78 is 5.46. The lowest BCUT2D eigenvalue weighted by Gasteiger charge is -2.12. The van der Waals surface area contributed by atoms with Gasteiger partial charge in [-0.25, -0.2) is 0 Å². The summed E-state index contributed by atoms with van der Waals surface area (Å²) in [7, 11) is 0. The topological polar surface area (TPSA) is 35.2 Å². The number of hydrogen-bond donors (Lipinski definition) is 1. The van der Waals surface area contributed by atoms with Crippen molar-refractivity contribution in [3.05, 3.63) is 29.8 Å². The number of benzene rings is 1. The van der Waals surface area contributed by atoms with E-state index in [2.05, 4.69) is 12.1 Å². The summed E-state index contributed by atoms with van der Waals surface area (Å²) in [5.41, 5.74) is 7.35. The van der Waals surface area contributed by atoms with Gasteiger partial charge in [0.1, 0.15) is 5.75 Å². The first-order valence-corrected chi connectivity index (χ1v) is 5.78. The molecule has 0 aliphatic heterocycles. The fraction of sp³-hybridized carbons (Fsp3) is 0.538. The first kappa shape index (κ1) is 10.5. The van der Waals surface area contributed by atoms with Gasteiger partial charge in [0.2, 0.25) is 0 Å². The fourth-order valence-electron chi connectivity index (χ4n) is 1.85. The lowest BCUT2D eigenvalue weighted by molar-refractivity contribution is 0.339. The maximum Gasteiger partial charge on any atom is 0.119 e. The van der Waals surface area contributed by atoms with Crippen molar-refractivity contribution in [2.24, 2.45) is 11.7 Å². The SMILES string of the molecule is CCOc1cccc(C(N)CC2CC2)c1. The molecule has 0 saturated heterocycles. The largest absolute Gasteiger partial charge is 0.494 e. The Hall–Kier alpha value is -1.02. The van der Waals surface area contributed by atoms with E-state index >= 15 is 0 Å². The van der Waals surface area contributed by atoms with Crippen molar-refractivity contribution in [2.45, 2.75) is 32.2 Å². The summed E-state index contributed by atoms with van der Waals surface area (Å²) in [5, 5.41) is 0. The highest BCUT2D eigenvalue weighted by atomic mass is 16.5. The highest BCUT2D eigenvalue weighted by Crippen LogP contribution is 2.37. The zero-order valence-corrected chi connectivity index (χ0v) is 9.28. The van der Waals surface area contributed by atoms with Crippen LogP contribution in [0.25, 0.3) is 0 Å². The second-order valence-corrected chi connectivity index (χ2v) is 4.29. The first-order valence-electron chi connectivity index (χ1n) is 5.78. The number of nitrogens with two attached hydrogens (primary N) is 1. The Labute approximate surface area is 91.4 Å². The van der Waals surface area contributed by atoms with Gasteiger partial charge in [-0.1, -0.05) is 25.0 Å². The summed E-state index contributed by atoms with van der Waals surface area (Å²) in [6.07, 6.45) is 3.84. The molecule has 2 nitrogen and oxygen atoms in total. The highest BCUT2D eigenvalue weighted by Gasteiger charge is 2.24. The van der Waals surface area contributed by atoms with Crippen molar-refractivity contribution in [1.82, 2.24) is 0 Å². The Morgan fingerprint density at radius 2 is 2.27 bits per heavy atom. The van der Waals surface area contributed by atoms with Crippen LogP contribution < -0.4 is 10.5 Å². The van der Waals surface area contributed by atoms with E-state index < -0.39 is 0 Å². The molecular weight excluding hydrogens is 186 g/mol. The monoisotopic (exact) mass is 205 g/mol. The van der Waals surface area contributed by atoms with Gasteiger partial charge in [0.25, 0.3) is 0 Å². The van der Waals surface area contributed by atoms with Crippen LogP contribution in [0.1, 0.15) is 37.8 Å². The van der Waals surface area contributed by atoms with Crippen LogP contribution >= 0.6 is 0 Å². The van der Waals surface area contributed by atoms with E-state index in [1.807, 2.05) is 19.1 Å². The van der Waals surface area contributed by atoms with Crippen molar-refractivity contribution in [1.29, 1.82) is 0 Å². The van der Waals surface area contributed by atoms with Crippen molar-refractivity contribution in [2.75, 3.05) is 6.61 Å². The van der Waals surface area contributed by atoms with Crippen LogP contribution in [0.2, 0.25) is 0 Å². The lowest BCUT2D eigenvalue weighted by Crippen LogP contribution is -2.11. The molecule has 1 unspecified atom stereocenters. The second kappa shape index (κ2) is 4.67. The molecule has 1 atom stereocenters. The van der Waals surface area contributed by atoms with Gasteiger partial charge in [-0.15, -0.1) is 0 Å². The number of ether oxygens (including phenoxy) is 1. The molecule has 82 valence electrons. The molecule has 1 fully saturated rings. The minimum absolute atomic E-state index is 0.179. The predicted molar refractivity (Wildman–Crippen MR) is 61.9 cm³/mol. The first-order chi connectivity index (χ1) is 7.29. The van der Waals surface area contributed by atoms with Crippen molar-refractivity contribution < 1.29 is 4.74 Å². The third-order valence-electron chi connectivity index (χ3n) is 2.88. The van der Waals surface area contributed by atoms with Gasteiger partial charge in [-0.2, -0.15) is 0 Å². The average molecular weight is 205 g/mol. The number of hydrogen-bond acceptors (Lipinski definition) is 2. The Bertz CT molecular complexity index is 320. The molecule has 0 bridgehead atoms. The molecule has 0 spiro atoms. The predicted octanol–water partition coefficient (Wildman–Crippen LogP) is 2.89. The van der Waals surface area contributed by atoms with E-state index in [4.69, 9.17) is 10.5 Å². The van der Waals surface area contributed by atoms with Crippen LogP contribution in [-0.4, -0.2) is 6.61 Å². The van der Waals surface area contributed by atoms with Gasteiger partial charge < -0.3 is 10.5 Å². The lowest BCUT2D eigenvalue weighted by atomic mass is 10.0. The van der Waals surface area contributed by atoms with Gasteiger partial charge in [-0.05, 0) is 37.0 Å². The third-order valence-corrected chi connectivity index (χ3v) is 2.88. The molecule has 0 aromatic heterocycles. The molecule has 1 aliphatic carbocycles. The van der Waals surface area contributed by atoms with Crippen LogP contribution in [0.15, 0.2) is 24.3 Å². The van der Waals surface area contributed by atoms with Crippen LogP contribution in [-0.2, 0) is 0 Å². The Morgan fingerprint density at radius 3 is 2.93 bits per heavy atom. The van der Waals surface area contributed by atoms with E-state index in [-0.39, 0.29) is 6.04 Å². The maximum atomic E-state index is 6.15. The Balaban J connectivity index is 2.01. The van der Waals surface area contributed by atoms with Crippen molar-refractivity contribution in [3.8, 4) is 5.75 Å². The maximum absolute atomic E-state index is 6.15. The van der Waals surface area contributed by atoms with E-state index in [9.17, 15) is 0 Å². The molecule has 1 aliphatic rings. The highest BCUT2D eigenvalue weighted by molar-refractivity contribution is 5.30. The molecule has 0 heterocycles. The summed E-state index contributed by atoms with van der Waals surface area (Å²) in [5.74, 6) is 1.80. The summed E-state index contributed by atoms with van der Waals surface area (Å²) in [4.78, 5) is 0. The molecule has 2 rings (SSSR count). The normalized spacial score (nSPS) is 17.5. The Morgan fingerprint density at radius 1 is 1.47 bits per heavy atom. The van der Waals surface area contributed by atoms with E-state index in [1.54, 1.807) is 0 Å². The van der Waals surface area contributed by atoms with Crippen LogP contribution in [0.4, 0.5) is 0 Å². The third kappa shape index (κ3) is 2.96. The summed E-state index contributed by atoms with van der Waals surface area (Å²) in [6.45, 7) is 2.71. The molecule has 2 N–H and O–H groups in total. The zero-order valence-electron chi connectivity index (χ0n) is 9.28. The van der Waals surface area contributed by atoms with Crippen molar-refractivity contribution >= 4 is 0 Å². The van der Waals surface area contributed by atoms with E-state index in [1.165, 1.54) is 18.4 Å². The standard InChI is InChI=1S/C13H19NO/c1-2-15-12-5-3-4-11(9-12)13(14)8-10-6-7-10/h3-5,9-10,13H,2,6-8,14H2,1H3. The molecule has 1 saturated carbocycles. The van der Waals surface area contributed by atoms with Gasteiger partial charge in [0.05, 0.1) is 6.61 Å². The van der Waals surface area contributed by atoms with Crippen LogP contribution in [0, 0.1) is 5.92 Å². The smallest absolute Gasteiger partial charge is 0.119 e. The van der Waals surface area contributed by atoms with E-state index in [0.717, 1.165) is 18.1 Å². The van der Waals surface area contributed by atoms with Gasteiger partial charge >= 0.3 is 0 Å². The van der Waals surface area contributed by atoms with Crippen LogP contribution in [0.3, 0.4) is 0 Å². The van der Waals surface area contributed by atoms with Gasteiger partial charge in [0, 0.05) is 6.04 Å². The minimum Gasteiger partial charge on any atom is -0.494 e. The molecular formula is C13H19NO. The van der Waals surface area contributed by atoms with Crippen LogP contribution in [0.5, 0.6) is 5.75 Å². The molecule has 0 radical (unpaired) electrons. The van der Waals surface area contributed by atoms with Crippen molar-refractivity contribution in [3.63, 3.8) is 0 Å². The zero-order chi connectivity index (χ0) is 10.7. The molecule has 1 aromatic rings. The molecule has 1 aromatic carbocycles.